The van der Waals surface area contributed by atoms with Crippen molar-refractivity contribution in [3.63, 3.8) is 0 Å². The molecule has 0 spiro atoms. The number of hydrazone groups is 1. The van der Waals surface area contributed by atoms with Crippen LogP contribution in [0.5, 0.6) is 17.2 Å². The summed E-state index contributed by atoms with van der Waals surface area (Å²) in [5.74, 6) is -0.468. The molecule has 0 saturated heterocycles. The van der Waals surface area contributed by atoms with Gasteiger partial charge in [0.1, 0.15) is 17.2 Å². The quantitative estimate of drug-likeness (QED) is 0.248. The molecule has 2 rings (SSSR count). The lowest BCUT2D eigenvalue weighted by Gasteiger charge is -2.10. The molecule has 9 nitrogen and oxygen atoms in total. The summed E-state index contributed by atoms with van der Waals surface area (Å²) < 4.78 is 10.4. The van der Waals surface area contributed by atoms with E-state index in [0.29, 0.717) is 28.2 Å². The van der Waals surface area contributed by atoms with Crippen molar-refractivity contribution in [2.24, 2.45) is 5.10 Å². The van der Waals surface area contributed by atoms with E-state index < -0.39 is 11.8 Å². The summed E-state index contributed by atoms with van der Waals surface area (Å²) in [5.41, 5.74) is 5.34. The van der Waals surface area contributed by atoms with Gasteiger partial charge < -0.3 is 14.6 Å². The Hall–Kier alpha value is -3.85. The zero-order valence-corrected chi connectivity index (χ0v) is 15.2. The van der Waals surface area contributed by atoms with Crippen LogP contribution < -0.4 is 20.4 Å². The molecule has 0 aromatic heterocycles. The number of carbonyl (C=O) groups is 2. The Balaban J connectivity index is 2.08. The van der Waals surface area contributed by atoms with Crippen molar-refractivity contribution in [1.29, 1.82) is 0 Å². The van der Waals surface area contributed by atoms with Crippen LogP contribution >= 0.6 is 0 Å². The minimum atomic E-state index is -0.656. The molecule has 0 heterocycles. The van der Waals surface area contributed by atoms with Crippen LogP contribution in [0.2, 0.25) is 0 Å². The van der Waals surface area contributed by atoms with Gasteiger partial charge in [-0.25, -0.2) is 10.9 Å². The molecule has 0 unspecified atom stereocenters. The van der Waals surface area contributed by atoms with Crippen LogP contribution in [0.25, 0.3) is 6.08 Å². The molecule has 0 bridgehead atoms. The number of phenols is 1. The highest BCUT2D eigenvalue weighted by molar-refractivity contribution is 5.96. The van der Waals surface area contributed by atoms with Crippen LogP contribution in [-0.4, -0.2) is 42.6 Å². The van der Waals surface area contributed by atoms with Gasteiger partial charge in [0.15, 0.2) is 0 Å². The molecule has 0 radical (unpaired) electrons. The molecule has 28 heavy (non-hydrogen) atoms. The predicted octanol–water partition coefficient (Wildman–Crippen LogP) is 1.69. The molecule has 2 aromatic rings. The highest BCUT2D eigenvalue weighted by atomic mass is 16.5. The maximum absolute atomic E-state index is 12.2. The molecule has 0 aliphatic heterocycles. The average Bonchev–Trinajstić information content (AvgIpc) is 2.72. The molecule has 9 heteroatoms. The van der Waals surface area contributed by atoms with Crippen LogP contribution in [0.3, 0.4) is 0 Å². The number of hydroxylamine groups is 1. The fourth-order valence-electron chi connectivity index (χ4n) is 2.23. The van der Waals surface area contributed by atoms with E-state index in [4.69, 9.17) is 14.7 Å². The van der Waals surface area contributed by atoms with Gasteiger partial charge in [-0.3, -0.25) is 14.8 Å². The van der Waals surface area contributed by atoms with E-state index in [-0.39, 0.29) is 5.75 Å². The number of rotatable bonds is 7. The number of methoxy groups -OCH3 is 2. The highest BCUT2D eigenvalue weighted by Gasteiger charge is 2.11. The van der Waals surface area contributed by atoms with E-state index in [1.165, 1.54) is 44.1 Å². The summed E-state index contributed by atoms with van der Waals surface area (Å²) >= 11 is 0. The van der Waals surface area contributed by atoms with Crippen LogP contribution in [0, 0.1) is 0 Å². The Morgan fingerprint density at radius 2 is 1.68 bits per heavy atom. The minimum absolute atomic E-state index is 0.0273. The summed E-state index contributed by atoms with van der Waals surface area (Å²) in [7, 11) is 2.87. The van der Waals surface area contributed by atoms with Gasteiger partial charge in [-0.05, 0) is 23.8 Å². The Bertz CT molecular complexity index is 881. The van der Waals surface area contributed by atoms with Crippen molar-refractivity contribution < 1.29 is 29.4 Å². The normalized spacial score (nSPS) is 10.8. The maximum Gasteiger partial charge on any atom is 0.271 e. The Kier molecular flexibility index (Phi) is 7.12. The van der Waals surface area contributed by atoms with Gasteiger partial charge in [0.25, 0.3) is 11.8 Å². The number of nitrogens with one attached hydrogen (secondary N) is 2. The third-order valence-electron chi connectivity index (χ3n) is 3.60. The van der Waals surface area contributed by atoms with Crippen LogP contribution in [-0.2, 0) is 4.79 Å². The van der Waals surface area contributed by atoms with Gasteiger partial charge in [0.2, 0.25) is 0 Å². The van der Waals surface area contributed by atoms with Gasteiger partial charge in [0.05, 0.1) is 26.0 Å². The lowest BCUT2D eigenvalue weighted by atomic mass is 10.1. The first-order valence-electron chi connectivity index (χ1n) is 7.99. The monoisotopic (exact) mass is 385 g/mol. The number of carbonyl (C=O) groups excluding carboxylic acids is 2. The van der Waals surface area contributed by atoms with Gasteiger partial charge in [-0.1, -0.05) is 12.1 Å². The van der Waals surface area contributed by atoms with E-state index in [2.05, 4.69) is 10.5 Å². The summed E-state index contributed by atoms with van der Waals surface area (Å²) in [6, 6.07) is 9.17. The Morgan fingerprint density at radius 3 is 2.21 bits per heavy atom. The molecule has 0 saturated carbocycles. The molecule has 2 amide bonds. The lowest BCUT2D eigenvalue weighted by molar-refractivity contribution is -0.124. The first-order chi connectivity index (χ1) is 13.5. The van der Waals surface area contributed by atoms with Crippen LogP contribution in [0.15, 0.2) is 47.6 Å². The summed E-state index contributed by atoms with van der Waals surface area (Å²) in [6.07, 6.45) is 3.98. The van der Waals surface area contributed by atoms with Crippen molar-refractivity contribution in [2.45, 2.75) is 0 Å². The van der Waals surface area contributed by atoms with E-state index in [0.717, 1.165) is 6.08 Å². The van der Waals surface area contributed by atoms with Crippen molar-refractivity contribution in [1.82, 2.24) is 10.9 Å². The van der Waals surface area contributed by atoms with Crippen LogP contribution in [0.4, 0.5) is 0 Å². The smallest absolute Gasteiger partial charge is 0.271 e. The minimum Gasteiger partial charge on any atom is -0.508 e. The third-order valence-corrected chi connectivity index (χ3v) is 3.60. The van der Waals surface area contributed by atoms with E-state index in [1.54, 1.807) is 24.3 Å². The molecule has 2 aromatic carbocycles. The average molecular weight is 385 g/mol. The van der Waals surface area contributed by atoms with E-state index in [9.17, 15) is 14.7 Å². The predicted molar refractivity (Wildman–Crippen MR) is 102 cm³/mol. The number of hydrogen-bond donors (Lipinski definition) is 4. The number of aromatic hydroxyl groups is 1. The second-order valence-electron chi connectivity index (χ2n) is 5.39. The summed E-state index contributed by atoms with van der Waals surface area (Å²) in [5, 5.41) is 22.0. The Morgan fingerprint density at radius 1 is 1.07 bits per heavy atom. The van der Waals surface area contributed by atoms with Crippen LogP contribution in [0.1, 0.15) is 21.5 Å². The van der Waals surface area contributed by atoms with Gasteiger partial charge in [-0.2, -0.15) is 5.10 Å². The largest absolute Gasteiger partial charge is 0.508 e. The number of phenolic OH excluding ortho intramolecular Hbond substituents is 1. The highest BCUT2D eigenvalue weighted by Crippen LogP contribution is 2.31. The van der Waals surface area contributed by atoms with Gasteiger partial charge in [-0.15, -0.1) is 0 Å². The SMILES string of the molecule is COc1cc(O)cc(OC)c1/C=N/NC(=O)c1ccc(/C=C/C(=O)NO)cc1. The second-order valence-corrected chi connectivity index (χ2v) is 5.39. The zero-order chi connectivity index (χ0) is 20.5. The molecule has 4 N–H and O–H groups in total. The topological polar surface area (TPSA) is 129 Å². The number of nitrogens with zero attached hydrogens (tertiary/aromatic N) is 1. The van der Waals surface area contributed by atoms with Crippen molar-refractivity contribution in [2.75, 3.05) is 14.2 Å². The lowest BCUT2D eigenvalue weighted by Crippen LogP contribution is -2.17. The summed E-state index contributed by atoms with van der Waals surface area (Å²) in [6.45, 7) is 0. The zero-order valence-electron chi connectivity index (χ0n) is 15.2. The van der Waals surface area contributed by atoms with Crippen molar-refractivity contribution in [3.8, 4) is 17.2 Å². The first kappa shape index (κ1) is 20.5. The second kappa shape index (κ2) is 9.74. The molecule has 0 fully saturated rings. The number of benzene rings is 2. The molecule has 0 aliphatic carbocycles. The molecular formula is C19H19N3O6. The molecule has 0 atom stereocenters. The Labute approximate surface area is 160 Å². The van der Waals surface area contributed by atoms with E-state index in [1.807, 2.05) is 0 Å². The molecular weight excluding hydrogens is 366 g/mol. The summed E-state index contributed by atoms with van der Waals surface area (Å²) in [4.78, 5) is 23.1. The molecule has 0 aliphatic rings. The van der Waals surface area contributed by atoms with E-state index >= 15 is 0 Å². The first-order valence-corrected chi connectivity index (χ1v) is 7.99. The fourth-order valence-corrected chi connectivity index (χ4v) is 2.23. The number of amides is 2. The van der Waals surface area contributed by atoms with Crippen molar-refractivity contribution in [3.05, 3.63) is 59.2 Å². The van der Waals surface area contributed by atoms with Gasteiger partial charge in [0, 0.05) is 23.8 Å². The maximum atomic E-state index is 12.2. The number of ether oxygens (including phenoxy) is 2. The van der Waals surface area contributed by atoms with Gasteiger partial charge >= 0.3 is 0 Å². The third kappa shape index (κ3) is 5.32. The molecule has 146 valence electrons. The standard InChI is InChI=1S/C19H19N3O6/c1-27-16-9-14(23)10-17(28-2)15(16)11-20-21-19(25)13-6-3-12(4-7-13)5-8-18(24)22-26/h3-11,23,26H,1-2H3,(H,21,25)(H,22,24)/b8-5+,20-11+. The fraction of sp³-hybridized carbons (Fsp3) is 0.105. The van der Waals surface area contributed by atoms with Crippen molar-refractivity contribution >= 4 is 24.1 Å². The number of hydrogen-bond acceptors (Lipinski definition) is 7.